The van der Waals surface area contributed by atoms with Crippen LogP contribution < -0.4 is 10.2 Å². The van der Waals surface area contributed by atoms with Crippen molar-refractivity contribution in [2.45, 2.75) is 13.8 Å². The molecule has 0 saturated carbocycles. The highest BCUT2D eigenvalue weighted by Gasteiger charge is 2.19. The van der Waals surface area contributed by atoms with Gasteiger partial charge in [-0.05, 0) is 0 Å². The number of nitrogens with zero attached hydrogens (tertiary/aromatic N) is 4. The minimum atomic E-state index is -1.52. The number of carbonyl (C=O) groups excluding carboxylic acids is 2. The summed E-state index contributed by atoms with van der Waals surface area (Å²) in [5.41, 5.74) is -0.727. The van der Waals surface area contributed by atoms with Gasteiger partial charge in [0.15, 0.2) is 0 Å². The van der Waals surface area contributed by atoms with Crippen molar-refractivity contribution >= 4 is 23.6 Å². The van der Waals surface area contributed by atoms with Crippen molar-refractivity contribution in [3.8, 4) is 0 Å². The predicted molar refractivity (Wildman–Crippen MR) is 104 cm³/mol. The normalized spacial score (nSPS) is 15.8. The Labute approximate surface area is 166 Å². The van der Waals surface area contributed by atoms with Crippen LogP contribution in [-0.2, 0) is 0 Å². The van der Waals surface area contributed by atoms with Crippen molar-refractivity contribution in [1.82, 2.24) is 9.80 Å². The van der Waals surface area contributed by atoms with E-state index in [0.717, 1.165) is 12.1 Å². The van der Waals surface area contributed by atoms with E-state index in [1.165, 1.54) is 50.0 Å². The number of rotatable bonds is 2. The second kappa shape index (κ2) is 10.4. The van der Waals surface area contributed by atoms with Gasteiger partial charge in [-0.25, -0.2) is 0 Å². The minimum absolute atomic E-state index is 0.363. The highest BCUT2D eigenvalue weighted by atomic mass is 16.4. The third-order valence-electron chi connectivity index (χ3n) is 5.12. The topological polar surface area (TPSA) is 92.8 Å². The van der Waals surface area contributed by atoms with Crippen LogP contribution in [0.4, 0.5) is 0 Å². The van der Waals surface area contributed by atoms with Crippen LogP contribution in [0.15, 0.2) is 24.3 Å². The first kappa shape index (κ1) is 23.1. The van der Waals surface area contributed by atoms with Gasteiger partial charge in [-0.15, -0.1) is 0 Å². The van der Waals surface area contributed by atoms with Crippen LogP contribution in [-0.4, -0.2) is 96.9 Å². The predicted octanol–water partition coefficient (Wildman–Crippen LogP) is -1.60. The molecule has 8 heteroatoms. The van der Waals surface area contributed by atoms with E-state index in [2.05, 4.69) is 61.0 Å². The van der Waals surface area contributed by atoms with Crippen LogP contribution in [0.3, 0.4) is 0 Å². The van der Waals surface area contributed by atoms with Gasteiger partial charge >= 0.3 is 0 Å². The van der Waals surface area contributed by atoms with Gasteiger partial charge in [0.25, 0.3) is 0 Å². The lowest BCUT2D eigenvalue weighted by molar-refractivity contribution is -0.487. The monoisotopic (exact) mass is 390 g/mol. The zero-order valence-corrected chi connectivity index (χ0v) is 17.6. The molecule has 8 nitrogen and oxygen atoms in total. The van der Waals surface area contributed by atoms with Crippen LogP contribution in [0, 0.1) is 0 Å². The number of hydrogen-bond acceptors (Lipinski definition) is 6. The van der Waals surface area contributed by atoms with Crippen LogP contribution in [0.2, 0.25) is 0 Å². The molecule has 2 heterocycles. The maximum absolute atomic E-state index is 10.3. The quantitative estimate of drug-likeness (QED) is 0.565. The van der Waals surface area contributed by atoms with Gasteiger partial charge in [0, 0.05) is 25.0 Å². The molecule has 0 atom stereocenters. The molecule has 0 aliphatic carbocycles. The first-order valence-corrected chi connectivity index (χ1v) is 9.09. The van der Waals surface area contributed by atoms with Crippen molar-refractivity contribution in [3.05, 3.63) is 35.4 Å². The van der Waals surface area contributed by atoms with Gasteiger partial charge in [0.05, 0.1) is 40.1 Å². The number of carbonyl (C=O) groups is 2. The second-order valence-corrected chi connectivity index (χ2v) is 6.90. The highest BCUT2D eigenvalue weighted by molar-refractivity contribution is 5.99. The summed E-state index contributed by atoms with van der Waals surface area (Å²) in [7, 11) is 8.50. The summed E-state index contributed by atoms with van der Waals surface area (Å²) in [5, 5.41) is 20.6. The first-order chi connectivity index (χ1) is 13.1. The Balaban J connectivity index is 0.000000217. The van der Waals surface area contributed by atoms with Gasteiger partial charge in [-0.3, -0.25) is 19.0 Å². The molecule has 3 rings (SSSR count). The Hall–Kier alpha value is -2.90. The molecule has 154 valence electrons. The maximum Gasteiger partial charge on any atom is 0.243 e. The Morgan fingerprint density at radius 1 is 0.821 bits per heavy atom. The molecule has 0 unspecified atom stereocenters. The molecule has 1 aromatic carbocycles. The molecule has 0 radical (unpaired) electrons. The summed E-state index contributed by atoms with van der Waals surface area (Å²) in [4.78, 5) is 25.2. The Kier molecular flexibility index (Phi) is 8.63. The van der Waals surface area contributed by atoms with Gasteiger partial charge in [-0.1, -0.05) is 24.3 Å². The molecular formula is C20H30N4O4. The molecule has 2 aliphatic rings. The molecule has 0 saturated heterocycles. The van der Waals surface area contributed by atoms with E-state index in [9.17, 15) is 19.8 Å². The summed E-state index contributed by atoms with van der Waals surface area (Å²) < 4.78 is 4.53. The molecule has 0 spiro atoms. The van der Waals surface area contributed by atoms with Crippen molar-refractivity contribution in [2.75, 3.05) is 54.4 Å². The molecule has 28 heavy (non-hydrogen) atoms. The second-order valence-electron chi connectivity index (χ2n) is 6.90. The molecule has 0 bridgehead atoms. The lowest BCUT2D eigenvalue weighted by Crippen LogP contribution is -2.29. The molecular weight excluding hydrogens is 360 g/mol. The van der Waals surface area contributed by atoms with E-state index < -0.39 is 11.9 Å². The average Bonchev–Trinajstić information content (AvgIpc) is 3.12. The van der Waals surface area contributed by atoms with Crippen molar-refractivity contribution in [2.24, 2.45) is 0 Å². The van der Waals surface area contributed by atoms with E-state index in [-0.39, 0.29) is 11.1 Å². The fourth-order valence-electron chi connectivity index (χ4n) is 2.67. The SMILES string of the molecule is CC1=[N+](C)CCN1C.CC1=[N+](C)CCN1C.O=C([O-])c1ccccc1C(=O)[O-]. The van der Waals surface area contributed by atoms with E-state index in [4.69, 9.17) is 0 Å². The zero-order valence-electron chi connectivity index (χ0n) is 17.6. The smallest absolute Gasteiger partial charge is 0.243 e. The van der Waals surface area contributed by atoms with Crippen LogP contribution in [0.1, 0.15) is 34.6 Å². The summed E-state index contributed by atoms with van der Waals surface area (Å²) in [6.07, 6.45) is 0. The fraction of sp³-hybridized carbons (Fsp3) is 0.500. The van der Waals surface area contributed by atoms with Crippen LogP contribution in [0.25, 0.3) is 0 Å². The van der Waals surface area contributed by atoms with Crippen LogP contribution >= 0.6 is 0 Å². The van der Waals surface area contributed by atoms with E-state index in [1.54, 1.807) is 0 Å². The molecule has 0 amide bonds. The summed E-state index contributed by atoms with van der Waals surface area (Å²) in [6.45, 7) is 9.02. The van der Waals surface area contributed by atoms with Crippen molar-refractivity contribution in [3.63, 3.8) is 0 Å². The highest BCUT2D eigenvalue weighted by Crippen LogP contribution is 2.05. The number of hydrogen-bond donors (Lipinski definition) is 0. The molecule has 1 aromatic rings. The van der Waals surface area contributed by atoms with E-state index in [0.29, 0.717) is 0 Å². The van der Waals surface area contributed by atoms with Gasteiger partial charge in [-0.2, -0.15) is 0 Å². The van der Waals surface area contributed by atoms with Gasteiger partial charge in [0.1, 0.15) is 26.2 Å². The van der Waals surface area contributed by atoms with Gasteiger partial charge < -0.3 is 19.8 Å². The average molecular weight is 390 g/mol. The number of benzene rings is 1. The van der Waals surface area contributed by atoms with E-state index in [1.807, 2.05) is 0 Å². The standard InChI is InChI=1S/C8H6O4.2C6H13N2/c9-7(10)5-3-1-2-4-6(5)8(11)12;2*1-6-7(2)4-5-8(6)3/h1-4H,(H,9,10)(H,11,12);2*4-5H2,1-3H3/q;2*+1/p-2. The largest absolute Gasteiger partial charge is 0.545 e. The fourth-order valence-corrected chi connectivity index (χ4v) is 2.67. The Bertz CT molecular complexity index is 721. The summed E-state index contributed by atoms with van der Waals surface area (Å²) >= 11 is 0. The lowest BCUT2D eigenvalue weighted by Gasteiger charge is -2.09. The number of amidine groups is 2. The Morgan fingerprint density at radius 2 is 1.14 bits per heavy atom. The number of carboxylic acid groups (broad SMARTS) is 2. The van der Waals surface area contributed by atoms with Crippen LogP contribution in [0.5, 0.6) is 0 Å². The molecule has 0 aromatic heterocycles. The molecule has 0 fully saturated rings. The first-order valence-electron chi connectivity index (χ1n) is 9.09. The van der Waals surface area contributed by atoms with E-state index >= 15 is 0 Å². The molecule has 0 N–H and O–H groups in total. The number of aromatic carboxylic acids is 2. The minimum Gasteiger partial charge on any atom is -0.545 e. The number of likely N-dealkylation sites (N-methyl/N-ethyl adjacent to an activating group) is 4. The number of carboxylic acids is 2. The van der Waals surface area contributed by atoms with Crippen molar-refractivity contribution in [1.29, 1.82) is 0 Å². The lowest BCUT2D eigenvalue weighted by atomic mass is 10.1. The summed E-state index contributed by atoms with van der Waals surface area (Å²) in [5.74, 6) is -0.278. The maximum atomic E-state index is 10.3. The summed E-state index contributed by atoms with van der Waals surface area (Å²) in [6, 6.07) is 5.14. The van der Waals surface area contributed by atoms with Crippen molar-refractivity contribution < 1.29 is 29.0 Å². The zero-order chi connectivity index (χ0) is 21.4. The molecule has 2 aliphatic heterocycles. The third-order valence-corrected chi connectivity index (χ3v) is 5.12. The Morgan fingerprint density at radius 3 is 1.29 bits per heavy atom. The van der Waals surface area contributed by atoms with Gasteiger partial charge in [0.2, 0.25) is 11.7 Å². The third kappa shape index (κ3) is 6.37.